The second-order valence-corrected chi connectivity index (χ2v) is 8.13. The molecule has 0 saturated carbocycles. The summed E-state index contributed by atoms with van der Waals surface area (Å²) in [5.74, 6) is 0.511. The molecule has 1 saturated heterocycles. The predicted octanol–water partition coefficient (Wildman–Crippen LogP) is 2.63. The van der Waals surface area contributed by atoms with Gasteiger partial charge in [-0.15, -0.1) is 0 Å². The van der Waals surface area contributed by atoms with Gasteiger partial charge in [0.15, 0.2) is 5.96 Å². The first kappa shape index (κ1) is 21.2. The van der Waals surface area contributed by atoms with E-state index in [4.69, 9.17) is 5.73 Å². The molecule has 1 fully saturated rings. The Kier molecular flexibility index (Phi) is 6.70. The average Bonchev–Trinajstić information content (AvgIpc) is 2.82. The topological polar surface area (TPSA) is 65.2 Å². The van der Waals surface area contributed by atoms with Crippen LogP contribution in [0.1, 0.15) is 24.0 Å². The Labute approximate surface area is 183 Å². The standard InChI is InChI=1S/C24H30FN5O/c25-21-7-9-22(10-8-21)28-14-16-29(17-15-28)24(26)27-12-3-6-23(31)30-13-11-19-4-1-2-5-20(19)18-30/h1-2,4-5,7-10H,3,6,11-18H2,(H2,26,27). The first-order valence-corrected chi connectivity index (χ1v) is 11.0. The fourth-order valence-corrected chi connectivity index (χ4v) is 4.24. The lowest BCUT2D eigenvalue weighted by atomic mass is 9.99. The highest BCUT2D eigenvalue weighted by Gasteiger charge is 2.20. The van der Waals surface area contributed by atoms with Crippen molar-refractivity contribution in [3.63, 3.8) is 0 Å². The number of halogens is 1. The van der Waals surface area contributed by atoms with E-state index in [1.54, 1.807) is 12.1 Å². The Bertz CT molecular complexity index is 922. The van der Waals surface area contributed by atoms with E-state index in [0.29, 0.717) is 31.9 Å². The summed E-state index contributed by atoms with van der Waals surface area (Å²) >= 11 is 0. The maximum atomic E-state index is 13.1. The van der Waals surface area contributed by atoms with Crippen LogP contribution in [-0.2, 0) is 17.8 Å². The van der Waals surface area contributed by atoms with E-state index in [-0.39, 0.29) is 11.7 Å². The van der Waals surface area contributed by atoms with Crippen LogP contribution in [0.2, 0.25) is 0 Å². The van der Waals surface area contributed by atoms with Gasteiger partial charge in [-0.3, -0.25) is 9.79 Å². The van der Waals surface area contributed by atoms with Crippen LogP contribution in [0.5, 0.6) is 0 Å². The van der Waals surface area contributed by atoms with Gasteiger partial charge in [0.05, 0.1) is 0 Å². The number of fused-ring (bicyclic) bond motifs is 1. The van der Waals surface area contributed by atoms with Crippen LogP contribution in [-0.4, -0.2) is 60.9 Å². The number of aliphatic imine (C=N–C) groups is 1. The summed E-state index contributed by atoms with van der Waals surface area (Å²) in [6, 6.07) is 14.9. The summed E-state index contributed by atoms with van der Waals surface area (Å²) in [6.45, 7) is 5.24. The number of benzene rings is 2. The first-order chi connectivity index (χ1) is 15.1. The van der Waals surface area contributed by atoms with Gasteiger partial charge in [0.1, 0.15) is 5.82 Å². The number of hydrogen-bond acceptors (Lipinski definition) is 3. The van der Waals surface area contributed by atoms with Gasteiger partial charge in [-0.25, -0.2) is 4.39 Å². The van der Waals surface area contributed by atoms with Crippen molar-refractivity contribution in [3.8, 4) is 0 Å². The van der Waals surface area contributed by atoms with E-state index in [0.717, 1.165) is 44.8 Å². The Morgan fingerprint density at radius 2 is 1.65 bits per heavy atom. The molecule has 0 unspecified atom stereocenters. The summed E-state index contributed by atoms with van der Waals surface area (Å²) < 4.78 is 13.1. The van der Waals surface area contributed by atoms with E-state index in [9.17, 15) is 9.18 Å². The molecule has 0 aliphatic carbocycles. The molecule has 2 aliphatic rings. The highest BCUT2D eigenvalue weighted by Crippen LogP contribution is 2.19. The molecule has 1 amide bonds. The molecular formula is C24H30FN5O. The van der Waals surface area contributed by atoms with Gasteiger partial charge in [0.25, 0.3) is 0 Å². The summed E-state index contributed by atoms with van der Waals surface area (Å²) in [5, 5.41) is 0. The normalized spacial score (nSPS) is 16.9. The molecule has 31 heavy (non-hydrogen) atoms. The van der Waals surface area contributed by atoms with Crippen molar-refractivity contribution in [2.45, 2.75) is 25.8 Å². The van der Waals surface area contributed by atoms with Crippen LogP contribution in [0.15, 0.2) is 53.5 Å². The zero-order valence-electron chi connectivity index (χ0n) is 17.8. The van der Waals surface area contributed by atoms with Crippen molar-refractivity contribution >= 4 is 17.6 Å². The number of nitrogens with two attached hydrogens (primary N) is 1. The second-order valence-electron chi connectivity index (χ2n) is 8.13. The molecule has 2 aromatic rings. The van der Waals surface area contributed by atoms with E-state index in [1.807, 2.05) is 11.0 Å². The number of carbonyl (C=O) groups is 1. The molecule has 0 atom stereocenters. The van der Waals surface area contributed by atoms with Gasteiger partial charge in [-0.2, -0.15) is 0 Å². The average molecular weight is 424 g/mol. The fraction of sp³-hybridized carbons (Fsp3) is 0.417. The minimum Gasteiger partial charge on any atom is -0.370 e. The number of amides is 1. The van der Waals surface area contributed by atoms with E-state index in [1.165, 1.54) is 23.3 Å². The molecule has 4 rings (SSSR count). The highest BCUT2D eigenvalue weighted by atomic mass is 19.1. The number of guanidine groups is 1. The van der Waals surface area contributed by atoms with Crippen molar-refractivity contribution in [1.29, 1.82) is 0 Å². The highest BCUT2D eigenvalue weighted by molar-refractivity contribution is 5.79. The zero-order valence-corrected chi connectivity index (χ0v) is 17.8. The Morgan fingerprint density at radius 1 is 0.935 bits per heavy atom. The quantitative estimate of drug-likeness (QED) is 0.456. The van der Waals surface area contributed by atoms with E-state index >= 15 is 0 Å². The van der Waals surface area contributed by atoms with Gasteiger partial charge in [-0.05, 0) is 48.2 Å². The molecule has 0 radical (unpaired) electrons. The second kappa shape index (κ2) is 9.81. The molecular weight excluding hydrogens is 393 g/mol. The number of anilines is 1. The molecule has 2 N–H and O–H groups in total. The summed E-state index contributed by atoms with van der Waals surface area (Å²) in [5.41, 5.74) is 9.81. The number of hydrogen-bond donors (Lipinski definition) is 1. The van der Waals surface area contributed by atoms with Crippen LogP contribution in [0.3, 0.4) is 0 Å². The van der Waals surface area contributed by atoms with Crippen LogP contribution < -0.4 is 10.6 Å². The number of piperazine rings is 1. The summed E-state index contributed by atoms with van der Waals surface area (Å²) in [6.07, 6.45) is 2.13. The van der Waals surface area contributed by atoms with Crippen LogP contribution >= 0.6 is 0 Å². The molecule has 6 nitrogen and oxygen atoms in total. The summed E-state index contributed by atoms with van der Waals surface area (Å²) in [7, 11) is 0. The fourth-order valence-electron chi connectivity index (χ4n) is 4.24. The molecule has 7 heteroatoms. The Hall–Kier alpha value is -3.09. The van der Waals surface area contributed by atoms with Crippen molar-refractivity contribution < 1.29 is 9.18 Å². The lowest BCUT2D eigenvalue weighted by molar-refractivity contribution is -0.132. The number of nitrogens with zero attached hydrogens (tertiary/aromatic N) is 4. The largest absolute Gasteiger partial charge is 0.370 e. The third-order valence-electron chi connectivity index (χ3n) is 6.10. The number of rotatable bonds is 5. The molecule has 2 aromatic carbocycles. The van der Waals surface area contributed by atoms with E-state index < -0.39 is 0 Å². The molecule has 2 aliphatic heterocycles. The lowest BCUT2D eigenvalue weighted by Crippen LogP contribution is -2.51. The van der Waals surface area contributed by atoms with Crippen LogP contribution in [0.25, 0.3) is 0 Å². The summed E-state index contributed by atoms with van der Waals surface area (Å²) in [4.78, 5) is 23.3. The van der Waals surface area contributed by atoms with Gasteiger partial charge >= 0.3 is 0 Å². The monoisotopic (exact) mass is 423 g/mol. The third-order valence-corrected chi connectivity index (χ3v) is 6.10. The van der Waals surface area contributed by atoms with Crippen molar-refractivity contribution in [1.82, 2.24) is 9.80 Å². The SMILES string of the molecule is NC(=NCCCC(=O)N1CCc2ccccc2C1)N1CCN(c2ccc(F)cc2)CC1. The zero-order chi connectivity index (χ0) is 21.6. The maximum absolute atomic E-state index is 13.1. The van der Waals surface area contributed by atoms with E-state index in [2.05, 4.69) is 33.0 Å². The maximum Gasteiger partial charge on any atom is 0.222 e. The lowest BCUT2D eigenvalue weighted by Gasteiger charge is -2.36. The minimum atomic E-state index is -0.220. The molecule has 164 valence electrons. The molecule has 0 aromatic heterocycles. The number of carbonyl (C=O) groups excluding carboxylic acids is 1. The Balaban J connectivity index is 1.18. The van der Waals surface area contributed by atoms with Crippen LogP contribution in [0, 0.1) is 5.82 Å². The third kappa shape index (κ3) is 5.34. The smallest absolute Gasteiger partial charge is 0.222 e. The van der Waals surface area contributed by atoms with Gasteiger partial charge in [0.2, 0.25) is 5.91 Å². The van der Waals surface area contributed by atoms with Crippen LogP contribution in [0.4, 0.5) is 10.1 Å². The van der Waals surface area contributed by atoms with Crippen molar-refractivity contribution in [3.05, 3.63) is 65.5 Å². The predicted molar refractivity (Wildman–Crippen MR) is 121 cm³/mol. The molecule has 0 spiro atoms. The first-order valence-electron chi connectivity index (χ1n) is 11.0. The van der Waals surface area contributed by atoms with Crippen molar-refractivity contribution in [2.75, 3.05) is 44.2 Å². The minimum absolute atomic E-state index is 0.191. The van der Waals surface area contributed by atoms with Crippen molar-refractivity contribution in [2.24, 2.45) is 10.7 Å². The van der Waals surface area contributed by atoms with Gasteiger partial charge in [0, 0.05) is 57.9 Å². The molecule has 2 heterocycles. The van der Waals surface area contributed by atoms with Gasteiger partial charge < -0.3 is 20.4 Å². The molecule has 0 bridgehead atoms. The Morgan fingerprint density at radius 3 is 2.39 bits per heavy atom. The van der Waals surface area contributed by atoms with Gasteiger partial charge in [-0.1, -0.05) is 24.3 Å².